The van der Waals surface area contributed by atoms with E-state index in [1.54, 1.807) is 0 Å². The van der Waals surface area contributed by atoms with Crippen LogP contribution in [0.1, 0.15) is 22.9 Å². The number of hydrogen-bond acceptors (Lipinski definition) is 4. The van der Waals surface area contributed by atoms with E-state index in [1.165, 1.54) is 15.9 Å². The maximum Gasteiger partial charge on any atom is 0.263 e. The molecule has 1 aromatic carbocycles. The first-order chi connectivity index (χ1) is 11.9. The van der Waals surface area contributed by atoms with Crippen LogP contribution in [0.5, 0.6) is 0 Å². The Bertz CT molecular complexity index is 1080. The van der Waals surface area contributed by atoms with Crippen molar-refractivity contribution < 1.29 is 4.79 Å². The first-order valence-electron chi connectivity index (χ1n) is 8.02. The van der Waals surface area contributed by atoms with E-state index >= 15 is 0 Å². The van der Waals surface area contributed by atoms with Gasteiger partial charge in [0.25, 0.3) is 5.56 Å². The highest BCUT2D eigenvalue weighted by molar-refractivity contribution is 7.71. The Hall–Kier alpha value is -2.25. The van der Waals surface area contributed by atoms with Crippen LogP contribution in [-0.2, 0) is 17.8 Å². The SMILES string of the molecule is CCc1cc2c(=O)n(CC(=O)Nc3cccc(C)c3C)c(=S)[nH]c2s1. The predicted octanol–water partition coefficient (Wildman–Crippen LogP) is 3.94. The van der Waals surface area contributed by atoms with Crippen molar-refractivity contribution in [2.45, 2.75) is 33.7 Å². The van der Waals surface area contributed by atoms with E-state index in [0.717, 1.165) is 32.9 Å². The van der Waals surface area contributed by atoms with E-state index in [1.807, 2.05) is 45.0 Å². The number of amides is 1. The van der Waals surface area contributed by atoms with Gasteiger partial charge in [0.05, 0.1) is 5.39 Å². The minimum atomic E-state index is -0.277. The Labute approximate surface area is 154 Å². The van der Waals surface area contributed by atoms with Crippen molar-refractivity contribution in [1.82, 2.24) is 9.55 Å². The molecule has 0 aliphatic rings. The van der Waals surface area contributed by atoms with Gasteiger partial charge in [0, 0.05) is 10.6 Å². The predicted molar refractivity (Wildman–Crippen MR) is 105 cm³/mol. The van der Waals surface area contributed by atoms with Crippen LogP contribution in [0.15, 0.2) is 29.1 Å². The molecule has 3 rings (SSSR count). The molecule has 130 valence electrons. The molecule has 0 radical (unpaired) electrons. The van der Waals surface area contributed by atoms with Crippen molar-refractivity contribution in [2.75, 3.05) is 5.32 Å². The Kier molecular flexibility index (Phi) is 4.87. The third kappa shape index (κ3) is 3.43. The van der Waals surface area contributed by atoms with Gasteiger partial charge in [-0.3, -0.25) is 14.2 Å². The molecule has 2 N–H and O–H groups in total. The molecule has 0 fully saturated rings. The van der Waals surface area contributed by atoms with Crippen molar-refractivity contribution in [3.8, 4) is 0 Å². The van der Waals surface area contributed by atoms with Crippen LogP contribution in [-0.4, -0.2) is 15.5 Å². The molecule has 2 heterocycles. The zero-order chi connectivity index (χ0) is 18.1. The van der Waals surface area contributed by atoms with Crippen LogP contribution < -0.4 is 10.9 Å². The summed E-state index contributed by atoms with van der Waals surface area (Å²) in [7, 11) is 0. The molecule has 0 saturated carbocycles. The van der Waals surface area contributed by atoms with Crippen LogP contribution in [0.3, 0.4) is 0 Å². The quantitative estimate of drug-likeness (QED) is 0.681. The summed E-state index contributed by atoms with van der Waals surface area (Å²) in [5, 5.41) is 3.44. The fourth-order valence-corrected chi connectivity index (χ4v) is 3.94. The molecule has 0 unspecified atom stereocenters. The zero-order valence-corrected chi connectivity index (χ0v) is 15.9. The van der Waals surface area contributed by atoms with Gasteiger partial charge in [0.2, 0.25) is 5.91 Å². The van der Waals surface area contributed by atoms with Gasteiger partial charge >= 0.3 is 0 Å². The lowest BCUT2D eigenvalue weighted by Gasteiger charge is -2.11. The molecule has 0 atom stereocenters. The smallest absolute Gasteiger partial charge is 0.263 e. The number of aromatic amines is 1. The largest absolute Gasteiger partial charge is 0.324 e. The van der Waals surface area contributed by atoms with Gasteiger partial charge < -0.3 is 10.3 Å². The second-order valence-electron chi connectivity index (χ2n) is 5.93. The lowest BCUT2D eigenvalue weighted by molar-refractivity contribution is -0.116. The van der Waals surface area contributed by atoms with Gasteiger partial charge in [0.15, 0.2) is 4.77 Å². The van der Waals surface area contributed by atoms with E-state index < -0.39 is 0 Å². The van der Waals surface area contributed by atoms with Crippen molar-refractivity contribution >= 4 is 45.4 Å². The molecule has 2 aromatic heterocycles. The van der Waals surface area contributed by atoms with Crippen LogP contribution >= 0.6 is 23.6 Å². The number of hydrogen-bond donors (Lipinski definition) is 2. The Morgan fingerprint density at radius 2 is 2.12 bits per heavy atom. The molecule has 7 heteroatoms. The summed E-state index contributed by atoms with van der Waals surface area (Å²) in [4.78, 5) is 30.0. The monoisotopic (exact) mass is 373 g/mol. The maximum absolute atomic E-state index is 12.7. The second kappa shape index (κ2) is 6.93. The van der Waals surface area contributed by atoms with E-state index in [9.17, 15) is 9.59 Å². The molecule has 0 spiro atoms. The number of H-pyrrole nitrogens is 1. The van der Waals surface area contributed by atoms with Crippen LogP contribution in [0.25, 0.3) is 10.2 Å². The molecular weight excluding hydrogens is 354 g/mol. The van der Waals surface area contributed by atoms with Crippen molar-refractivity contribution in [2.24, 2.45) is 0 Å². The number of nitrogens with one attached hydrogen (secondary N) is 2. The number of aryl methyl sites for hydroxylation is 2. The lowest BCUT2D eigenvalue weighted by Crippen LogP contribution is -2.28. The van der Waals surface area contributed by atoms with Crippen LogP contribution in [0.2, 0.25) is 0 Å². The molecular formula is C18H19N3O2S2. The van der Waals surface area contributed by atoms with Gasteiger partial charge in [-0.2, -0.15) is 0 Å². The van der Waals surface area contributed by atoms with Gasteiger partial charge in [0.1, 0.15) is 11.4 Å². The fraction of sp³-hybridized carbons (Fsp3) is 0.278. The number of anilines is 1. The number of carbonyl (C=O) groups is 1. The van der Waals surface area contributed by atoms with Crippen molar-refractivity contribution in [3.05, 3.63) is 55.4 Å². The first kappa shape index (κ1) is 17.6. The third-order valence-corrected chi connectivity index (χ3v) is 5.77. The van der Waals surface area contributed by atoms with Crippen molar-refractivity contribution in [1.29, 1.82) is 0 Å². The molecule has 0 aliphatic heterocycles. The average molecular weight is 374 g/mol. The molecule has 0 aliphatic carbocycles. The summed E-state index contributed by atoms with van der Waals surface area (Å²) in [5.74, 6) is -0.277. The molecule has 25 heavy (non-hydrogen) atoms. The number of carbonyl (C=O) groups excluding carboxylic acids is 1. The average Bonchev–Trinajstić information content (AvgIpc) is 2.99. The summed E-state index contributed by atoms with van der Waals surface area (Å²) in [6, 6.07) is 7.59. The van der Waals surface area contributed by atoms with E-state index in [4.69, 9.17) is 12.2 Å². The van der Waals surface area contributed by atoms with Crippen LogP contribution in [0.4, 0.5) is 5.69 Å². The standard InChI is InChI=1S/C18H19N3O2S2/c1-4-12-8-13-16(25-12)20-18(24)21(17(13)23)9-15(22)19-14-7-5-6-10(2)11(14)3/h5-8H,4,9H2,1-3H3,(H,19,22)(H,20,24). The van der Waals surface area contributed by atoms with Gasteiger partial charge in [-0.05, 0) is 55.7 Å². The van der Waals surface area contributed by atoms with Crippen LogP contribution in [0, 0.1) is 18.6 Å². The molecule has 0 bridgehead atoms. The van der Waals surface area contributed by atoms with E-state index in [2.05, 4.69) is 10.3 Å². The number of aromatic nitrogens is 2. The number of benzene rings is 1. The minimum absolute atomic E-state index is 0.116. The van der Waals surface area contributed by atoms with E-state index in [0.29, 0.717) is 5.39 Å². The number of rotatable bonds is 4. The lowest BCUT2D eigenvalue weighted by atomic mass is 10.1. The fourth-order valence-electron chi connectivity index (χ4n) is 2.63. The number of fused-ring (bicyclic) bond motifs is 1. The van der Waals surface area contributed by atoms with E-state index in [-0.39, 0.29) is 22.8 Å². The Morgan fingerprint density at radius 1 is 1.36 bits per heavy atom. The number of nitrogens with zero attached hydrogens (tertiary/aromatic N) is 1. The molecule has 1 amide bonds. The number of thiophene rings is 1. The summed E-state index contributed by atoms with van der Waals surface area (Å²) in [5.41, 5.74) is 2.62. The third-order valence-electron chi connectivity index (χ3n) is 4.25. The van der Waals surface area contributed by atoms with Crippen molar-refractivity contribution in [3.63, 3.8) is 0 Å². The zero-order valence-electron chi connectivity index (χ0n) is 14.3. The summed E-state index contributed by atoms with van der Waals surface area (Å²) >= 11 is 6.80. The maximum atomic E-state index is 12.7. The Balaban J connectivity index is 1.92. The summed E-state index contributed by atoms with van der Waals surface area (Å²) < 4.78 is 1.57. The highest BCUT2D eigenvalue weighted by Gasteiger charge is 2.13. The van der Waals surface area contributed by atoms with Gasteiger partial charge in [-0.1, -0.05) is 19.1 Å². The topological polar surface area (TPSA) is 66.9 Å². The normalized spacial score (nSPS) is 11.0. The minimum Gasteiger partial charge on any atom is -0.324 e. The second-order valence-corrected chi connectivity index (χ2v) is 7.45. The molecule has 5 nitrogen and oxygen atoms in total. The molecule has 3 aromatic rings. The summed E-state index contributed by atoms with van der Waals surface area (Å²) in [6.45, 7) is 5.86. The highest BCUT2D eigenvalue weighted by Crippen LogP contribution is 2.21. The van der Waals surface area contributed by atoms with Gasteiger partial charge in [-0.25, -0.2) is 0 Å². The molecule has 0 saturated heterocycles. The Morgan fingerprint density at radius 3 is 2.84 bits per heavy atom. The highest BCUT2D eigenvalue weighted by atomic mass is 32.1. The van der Waals surface area contributed by atoms with Gasteiger partial charge in [-0.15, -0.1) is 11.3 Å². The first-order valence-corrected chi connectivity index (χ1v) is 9.24. The summed E-state index contributed by atoms with van der Waals surface area (Å²) in [6.07, 6.45) is 0.854.